The number of H-pyrrole nitrogens is 1. The summed E-state index contributed by atoms with van der Waals surface area (Å²) in [6, 6.07) is 10.1. The summed E-state index contributed by atoms with van der Waals surface area (Å²) in [6.07, 6.45) is -2.02. The number of nitrogens with zero attached hydrogens (tertiary/aromatic N) is 3. The molecule has 0 radical (unpaired) electrons. The summed E-state index contributed by atoms with van der Waals surface area (Å²) in [6.45, 7) is 0. The van der Waals surface area contributed by atoms with Gasteiger partial charge in [0.15, 0.2) is 0 Å². The Bertz CT molecular complexity index is 1120. The summed E-state index contributed by atoms with van der Waals surface area (Å²) >= 11 is 0. The van der Waals surface area contributed by atoms with Crippen LogP contribution in [-0.4, -0.2) is 19.9 Å². The van der Waals surface area contributed by atoms with Crippen LogP contribution in [0.25, 0.3) is 22.2 Å². The molecule has 9 heteroatoms. The van der Waals surface area contributed by atoms with E-state index in [2.05, 4.69) is 25.3 Å². The highest BCUT2D eigenvalue weighted by Gasteiger charge is 2.32. The minimum atomic E-state index is -4.56. The predicted octanol–water partition coefficient (Wildman–Crippen LogP) is 4.92. The number of hydrogen-bond acceptors (Lipinski definition) is 4. The lowest BCUT2D eigenvalue weighted by molar-refractivity contribution is -0.141. The second-order valence-electron chi connectivity index (χ2n) is 5.71. The van der Waals surface area contributed by atoms with Gasteiger partial charge >= 0.3 is 6.18 Å². The lowest BCUT2D eigenvalue weighted by Gasteiger charge is -2.10. The van der Waals surface area contributed by atoms with Crippen LogP contribution < -0.4 is 5.32 Å². The molecular weight excluding hydrogens is 362 g/mol. The number of nitrogens with one attached hydrogen (secondary N) is 2. The Kier molecular flexibility index (Phi) is 3.98. The molecule has 0 bridgehead atoms. The molecule has 4 rings (SSSR count). The van der Waals surface area contributed by atoms with Gasteiger partial charge < -0.3 is 10.3 Å². The van der Waals surface area contributed by atoms with Crippen molar-refractivity contribution in [3.8, 4) is 11.1 Å². The van der Waals surface area contributed by atoms with E-state index in [-0.39, 0.29) is 17.2 Å². The van der Waals surface area contributed by atoms with Crippen LogP contribution in [0.15, 0.2) is 55.0 Å². The van der Waals surface area contributed by atoms with E-state index in [1.165, 1.54) is 24.5 Å². The van der Waals surface area contributed by atoms with E-state index in [0.29, 0.717) is 5.56 Å². The van der Waals surface area contributed by atoms with Crippen molar-refractivity contribution in [2.45, 2.75) is 6.18 Å². The largest absolute Gasteiger partial charge is 0.433 e. The number of alkyl halides is 3. The number of aromatic amines is 1. The lowest BCUT2D eigenvalue weighted by Crippen LogP contribution is -2.09. The van der Waals surface area contributed by atoms with Gasteiger partial charge in [-0.15, -0.1) is 0 Å². The minimum absolute atomic E-state index is 0.0427. The first-order valence-electron chi connectivity index (χ1n) is 7.80. The van der Waals surface area contributed by atoms with Gasteiger partial charge in [0.2, 0.25) is 0 Å². The van der Waals surface area contributed by atoms with Crippen LogP contribution in [0.2, 0.25) is 0 Å². The van der Waals surface area contributed by atoms with Gasteiger partial charge in [0.1, 0.15) is 23.1 Å². The minimum Gasteiger partial charge on any atom is -0.345 e. The molecule has 0 unspecified atom stereocenters. The third-order valence-electron chi connectivity index (χ3n) is 3.88. The summed E-state index contributed by atoms with van der Waals surface area (Å²) in [4.78, 5) is 14.4. The average molecular weight is 373 g/mol. The molecular formula is C18H11F4N5. The smallest absolute Gasteiger partial charge is 0.345 e. The third kappa shape index (κ3) is 3.43. The second-order valence-corrected chi connectivity index (χ2v) is 5.71. The first-order valence-corrected chi connectivity index (χ1v) is 7.80. The molecule has 136 valence electrons. The van der Waals surface area contributed by atoms with E-state index in [1.54, 1.807) is 18.2 Å². The van der Waals surface area contributed by atoms with Crippen molar-refractivity contribution in [2.24, 2.45) is 0 Å². The molecule has 0 atom stereocenters. The molecule has 0 saturated heterocycles. The van der Waals surface area contributed by atoms with Gasteiger partial charge in [-0.25, -0.2) is 19.3 Å². The van der Waals surface area contributed by atoms with Crippen LogP contribution >= 0.6 is 0 Å². The van der Waals surface area contributed by atoms with Gasteiger partial charge in [0, 0.05) is 5.56 Å². The highest BCUT2D eigenvalue weighted by atomic mass is 19.4. The molecule has 1 aromatic carbocycles. The predicted molar refractivity (Wildman–Crippen MR) is 91.8 cm³/mol. The fourth-order valence-electron chi connectivity index (χ4n) is 2.62. The normalized spacial score (nSPS) is 11.7. The molecule has 0 amide bonds. The molecule has 0 fully saturated rings. The standard InChI is InChI=1S/C18H11F4N5/c19-12-8-23-17(27-16-3-1-2-15(26-16)18(20,21)22)7-11(12)10-4-5-13-14(6-10)25-9-24-13/h1-9H,(H,24,25)(H,23,26,27). The molecule has 0 aliphatic heterocycles. The Labute approximate surface area is 150 Å². The van der Waals surface area contributed by atoms with E-state index in [0.717, 1.165) is 23.3 Å². The maximum Gasteiger partial charge on any atom is 0.433 e. The van der Waals surface area contributed by atoms with Crippen molar-refractivity contribution in [1.82, 2.24) is 19.9 Å². The fraction of sp³-hybridized carbons (Fsp3) is 0.0556. The van der Waals surface area contributed by atoms with Gasteiger partial charge in [0.05, 0.1) is 23.6 Å². The molecule has 27 heavy (non-hydrogen) atoms. The van der Waals surface area contributed by atoms with Gasteiger partial charge in [0.25, 0.3) is 0 Å². The lowest BCUT2D eigenvalue weighted by atomic mass is 10.1. The van der Waals surface area contributed by atoms with Crippen molar-refractivity contribution in [3.05, 3.63) is 66.5 Å². The topological polar surface area (TPSA) is 66.5 Å². The molecule has 0 aliphatic carbocycles. The van der Waals surface area contributed by atoms with Gasteiger partial charge in [-0.3, -0.25) is 0 Å². The highest BCUT2D eigenvalue weighted by molar-refractivity contribution is 5.82. The number of rotatable bonds is 3. The number of aromatic nitrogens is 4. The zero-order valence-electron chi connectivity index (χ0n) is 13.5. The van der Waals surface area contributed by atoms with E-state index < -0.39 is 17.7 Å². The molecule has 2 N–H and O–H groups in total. The summed E-state index contributed by atoms with van der Waals surface area (Å²) in [5.41, 5.74) is 1.26. The summed E-state index contributed by atoms with van der Waals surface area (Å²) < 4.78 is 52.6. The molecule has 0 spiro atoms. The van der Waals surface area contributed by atoms with Crippen LogP contribution in [0, 0.1) is 5.82 Å². The Balaban J connectivity index is 1.68. The number of fused-ring (bicyclic) bond motifs is 1. The summed E-state index contributed by atoms with van der Waals surface area (Å²) in [5.74, 6) is -0.432. The van der Waals surface area contributed by atoms with Crippen LogP contribution in [0.3, 0.4) is 0 Å². The molecule has 4 aromatic rings. The van der Waals surface area contributed by atoms with Crippen molar-refractivity contribution < 1.29 is 17.6 Å². The van der Waals surface area contributed by atoms with Gasteiger partial charge in [-0.2, -0.15) is 13.2 Å². The van der Waals surface area contributed by atoms with Gasteiger partial charge in [-0.05, 0) is 35.9 Å². The Morgan fingerprint density at radius 1 is 0.963 bits per heavy atom. The SMILES string of the molecule is Fc1cnc(Nc2cccc(C(F)(F)F)n2)cc1-c1ccc2nc[nH]c2c1. The van der Waals surface area contributed by atoms with E-state index >= 15 is 0 Å². The first-order chi connectivity index (χ1) is 12.9. The monoisotopic (exact) mass is 373 g/mol. The zero-order valence-corrected chi connectivity index (χ0v) is 13.5. The number of halogens is 4. The molecule has 0 aliphatic rings. The van der Waals surface area contributed by atoms with Crippen LogP contribution in [0.5, 0.6) is 0 Å². The maximum atomic E-state index is 14.3. The number of anilines is 2. The molecule has 0 saturated carbocycles. The maximum absolute atomic E-state index is 14.3. The molecule has 3 heterocycles. The summed E-state index contributed by atoms with van der Waals surface area (Å²) in [7, 11) is 0. The number of imidazole rings is 1. The van der Waals surface area contributed by atoms with Crippen molar-refractivity contribution in [1.29, 1.82) is 0 Å². The van der Waals surface area contributed by atoms with Crippen molar-refractivity contribution in [3.63, 3.8) is 0 Å². The third-order valence-corrected chi connectivity index (χ3v) is 3.88. The van der Waals surface area contributed by atoms with E-state index in [1.807, 2.05) is 0 Å². The van der Waals surface area contributed by atoms with Crippen LogP contribution in [0.4, 0.5) is 29.2 Å². The summed E-state index contributed by atoms with van der Waals surface area (Å²) in [5, 5.41) is 2.68. The van der Waals surface area contributed by atoms with Crippen molar-refractivity contribution in [2.75, 3.05) is 5.32 Å². The molecule has 5 nitrogen and oxygen atoms in total. The Hall–Kier alpha value is -3.49. The van der Waals surface area contributed by atoms with Gasteiger partial charge in [-0.1, -0.05) is 12.1 Å². The van der Waals surface area contributed by atoms with Crippen LogP contribution in [-0.2, 0) is 6.18 Å². The van der Waals surface area contributed by atoms with E-state index in [4.69, 9.17) is 0 Å². The fourth-order valence-corrected chi connectivity index (χ4v) is 2.62. The number of hydrogen-bond donors (Lipinski definition) is 2. The van der Waals surface area contributed by atoms with Crippen molar-refractivity contribution >= 4 is 22.7 Å². The first kappa shape index (κ1) is 17.0. The van der Waals surface area contributed by atoms with E-state index in [9.17, 15) is 17.6 Å². The Morgan fingerprint density at radius 2 is 1.81 bits per heavy atom. The second kappa shape index (κ2) is 6.35. The molecule has 3 aromatic heterocycles. The van der Waals surface area contributed by atoms with Crippen LogP contribution in [0.1, 0.15) is 5.69 Å². The quantitative estimate of drug-likeness (QED) is 0.500. The zero-order chi connectivity index (χ0) is 19.0. The highest BCUT2D eigenvalue weighted by Crippen LogP contribution is 2.30. The number of pyridine rings is 2. The number of benzene rings is 1. The Morgan fingerprint density at radius 3 is 2.63 bits per heavy atom. The average Bonchev–Trinajstić information content (AvgIpc) is 3.10.